The molecule has 0 unspecified atom stereocenters. The van der Waals surface area contributed by atoms with Gasteiger partial charge in [0.05, 0.1) is 17.9 Å². The molecule has 0 saturated carbocycles. The molecule has 4 rings (SSSR count). The van der Waals surface area contributed by atoms with Crippen molar-refractivity contribution in [3.8, 4) is 5.69 Å². The first kappa shape index (κ1) is 17.3. The summed E-state index contributed by atoms with van der Waals surface area (Å²) >= 11 is 0. The van der Waals surface area contributed by atoms with E-state index in [4.69, 9.17) is 4.74 Å². The molecule has 2 heterocycles. The molecule has 2 aliphatic rings. The first-order valence-corrected chi connectivity index (χ1v) is 9.66. The van der Waals surface area contributed by atoms with Crippen molar-refractivity contribution in [1.82, 2.24) is 15.1 Å². The van der Waals surface area contributed by atoms with E-state index in [1.54, 1.807) is 0 Å². The third-order valence-electron chi connectivity index (χ3n) is 5.90. The molecule has 0 spiro atoms. The summed E-state index contributed by atoms with van der Waals surface area (Å²) in [7, 11) is 0. The lowest BCUT2D eigenvalue weighted by Gasteiger charge is -2.28. The first-order valence-electron chi connectivity index (χ1n) is 9.66. The van der Waals surface area contributed by atoms with Gasteiger partial charge in [-0.05, 0) is 63.1 Å². The minimum atomic E-state index is 0.0768. The molecule has 5 heteroatoms. The lowest BCUT2D eigenvalue weighted by molar-refractivity contribution is -0.128. The van der Waals surface area contributed by atoms with Crippen LogP contribution in [0.1, 0.15) is 54.1 Å². The second-order valence-corrected chi connectivity index (χ2v) is 7.52. The topological polar surface area (TPSA) is 56.2 Å². The number of fused-ring (bicyclic) bond motifs is 1. The summed E-state index contributed by atoms with van der Waals surface area (Å²) in [5.74, 6) is 0.258. The Morgan fingerprint density at radius 3 is 2.85 bits per heavy atom. The Hall–Kier alpha value is -2.14. The Labute approximate surface area is 154 Å². The van der Waals surface area contributed by atoms with Gasteiger partial charge in [-0.3, -0.25) is 4.79 Å². The Kier molecular flexibility index (Phi) is 4.81. The SMILES string of the molecule is Cc1cccc(-n2ncc3c2CCC[C@H]3NC(=O)C2CCOCC2)c1C. The molecular formula is C21H27N3O2. The van der Waals surface area contributed by atoms with Gasteiger partial charge in [0.25, 0.3) is 0 Å². The van der Waals surface area contributed by atoms with Crippen LogP contribution in [0.15, 0.2) is 24.4 Å². The molecule has 2 aromatic rings. The number of hydrogen-bond acceptors (Lipinski definition) is 3. The summed E-state index contributed by atoms with van der Waals surface area (Å²) in [6.07, 6.45) is 6.67. The number of carbonyl (C=O) groups excluding carboxylic acids is 1. The summed E-state index contributed by atoms with van der Waals surface area (Å²) in [4.78, 5) is 12.7. The summed E-state index contributed by atoms with van der Waals surface area (Å²) < 4.78 is 7.45. The van der Waals surface area contributed by atoms with Crippen LogP contribution in [0.3, 0.4) is 0 Å². The molecule has 1 aromatic carbocycles. The van der Waals surface area contributed by atoms with Crippen molar-refractivity contribution in [3.63, 3.8) is 0 Å². The van der Waals surface area contributed by atoms with Crippen molar-refractivity contribution < 1.29 is 9.53 Å². The van der Waals surface area contributed by atoms with E-state index in [9.17, 15) is 4.79 Å². The normalized spacial score (nSPS) is 20.6. The standard InChI is InChI=1S/C21H27N3O2/c1-14-5-3-7-19(15(14)2)24-20-8-4-6-18(17(20)13-22-24)23-21(25)16-9-11-26-12-10-16/h3,5,7,13,16,18H,4,6,8-12H2,1-2H3,(H,23,25)/t18-/m1/s1. The fourth-order valence-corrected chi connectivity index (χ4v) is 4.13. The smallest absolute Gasteiger partial charge is 0.223 e. The van der Waals surface area contributed by atoms with Gasteiger partial charge < -0.3 is 10.1 Å². The molecule has 5 nitrogen and oxygen atoms in total. The second-order valence-electron chi connectivity index (χ2n) is 7.52. The number of ether oxygens (including phenoxy) is 1. The van der Waals surface area contributed by atoms with Crippen LogP contribution in [0.2, 0.25) is 0 Å². The largest absolute Gasteiger partial charge is 0.381 e. The van der Waals surface area contributed by atoms with E-state index in [1.165, 1.54) is 22.4 Å². The van der Waals surface area contributed by atoms with Crippen LogP contribution in [-0.2, 0) is 16.0 Å². The predicted molar refractivity (Wildman–Crippen MR) is 100 cm³/mol. The Balaban J connectivity index is 1.59. The fraction of sp³-hybridized carbons (Fsp3) is 0.524. The average Bonchev–Trinajstić information content (AvgIpc) is 3.10. The van der Waals surface area contributed by atoms with Crippen LogP contribution in [0.4, 0.5) is 0 Å². The average molecular weight is 353 g/mol. The number of amides is 1. The van der Waals surface area contributed by atoms with Gasteiger partial charge in [0.2, 0.25) is 5.91 Å². The highest BCUT2D eigenvalue weighted by Gasteiger charge is 2.29. The Morgan fingerprint density at radius 2 is 2.04 bits per heavy atom. The van der Waals surface area contributed by atoms with Crippen molar-refractivity contribution in [1.29, 1.82) is 0 Å². The molecule has 0 radical (unpaired) electrons. The van der Waals surface area contributed by atoms with Crippen molar-refractivity contribution in [3.05, 3.63) is 46.8 Å². The summed E-state index contributed by atoms with van der Waals surface area (Å²) in [6, 6.07) is 6.41. The maximum atomic E-state index is 12.7. The Bertz CT molecular complexity index is 806. The number of hydrogen-bond donors (Lipinski definition) is 1. The van der Waals surface area contributed by atoms with E-state index in [0.717, 1.165) is 37.8 Å². The molecule has 138 valence electrons. The molecule has 1 amide bonds. The minimum absolute atomic E-state index is 0.0768. The lowest BCUT2D eigenvalue weighted by atomic mass is 9.91. The minimum Gasteiger partial charge on any atom is -0.381 e. The highest BCUT2D eigenvalue weighted by Crippen LogP contribution is 2.32. The zero-order chi connectivity index (χ0) is 18.1. The van der Waals surface area contributed by atoms with Gasteiger partial charge in [-0.25, -0.2) is 4.68 Å². The van der Waals surface area contributed by atoms with Gasteiger partial charge in [-0.15, -0.1) is 0 Å². The monoisotopic (exact) mass is 353 g/mol. The van der Waals surface area contributed by atoms with E-state index in [2.05, 4.69) is 47.1 Å². The maximum Gasteiger partial charge on any atom is 0.223 e. The molecule has 0 bridgehead atoms. The van der Waals surface area contributed by atoms with Gasteiger partial charge in [-0.2, -0.15) is 5.10 Å². The van der Waals surface area contributed by atoms with E-state index < -0.39 is 0 Å². The number of aryl methyl sites for hydroxylation is 1. The molecule has 1 aromatic heterocycles. The number of carbonyl (C=O) groups is 1. The highest BCUT2D eigenvalue weighted by molar-refractivity contribution is 5.79. The van der Waals surface area contributed by atoms with Crippen LogP contribution in [0, 0.1) is 19.8 Å². The summed E-state index contributed by atoms with van der Waals surface area (Å²) in [5, 5.41) is 7.97. The van der Waals surface area contributed by atoms with Crippen LogP contribution < -0.4 is 5.32 Å². The number of nitrogens with zero attached hydrogens (tertiary/aromatic N) is 2. The molecule has 1 aliphatic carbocycles. The van der Waals surface area contributed by atoms with Gasteiger partial charge in [0.1, 0.15) is 0 Å². The van der Waals surface area contributed by atoms with E-state index >= 15 is 0 Å². The lowest BCUT2D eigenvalue weighted by Crippen LogP contribution is -2.37. The first-order chi connectivity index (χ1) is 12.6. The van der Waals surface area contributed by atoms with Crippen molar-refractivity contribution in [2.75, 3.05) is 13.2 Å². The van der Waals surface area contributed by atoms with Gasteiger partial charge in [0, 0.05) is 30.4 Å². The van der Waals surface area contributed by atoms with Gasteiger partial charge >= 0.3 is 0 Å². The number of nitrogens with one attached hydrogen (secondary N) is 1. The molecule has 1 saturated heterocycles. The van der Waals surface area contributed by atoms with Crippen LogP contribution >= 0.6 is 0 Å². The molecule has 1 aliphatic heterocycles. The summed E-state index contributed by atoms with van der Waals surface area (Å²) in [6.45, 7) is 5.66. The zero-order valence-electron chi connectivity index (χ0n) is 15.6. The number of rotatable bonds is 3. The third-order valence-corrected chi connectivity index (χ3v) is 5.90. The molecule has 1 atom stereocenters. The van der Waals surface area contributed by atoms with E-state index in [-0.39, 0.29) is 17.9 Å². The van der Waals surface area contributed by atoms with Crippen LogP contribution in [-0.4, -0.2) is 28.9 Å². The van der Waals surface area contributed by atoms with Crippen molar-refractivity contribution >= 4 is 5.91 Å². The molecular weight excluding hydrogens is 326 g/mol. The van der Waals surface area contributed by atoms with Crippen molar-refractivity contribution in [2.45, 2.75) is 52.0 Å². The fourth-order valence-electron chi connectivity index (χ4n) is 4.13. The molecule has 1 N–H and O–H groups in total. The van der Waals surface area contributed by atoms with Crippen molar-refractivity contribution in [2.24, 2.45) is 5.92 Å². The zero-order valence-corrected chi connectivity index (χ0v) is 15.6. The molecule has 26 heavy (non-hydrogen) atoms. The van der Waals surface area contributed by atoms with E-state index in [0.29, 0.717) is 13.2 Å². The number of aromatic nitrogens is 2. The van der Waals surface area contributed by atoms with Crippen LogP contribution in [0.25, 0.3) is 5.69 Å². The van der Waals surface area contributed by atoms with Gasteiger partial charge in [-0.1, -0.05) is 12.1 Å². The molecule has 1 fully saturated rings. The quantitative estimate of drug-likeness (QED) is 0.920. The second kappa shape index (κ2) is 7.23. The Morgan fingerprint density at radius 1 is 1.23 bits per heavy atom. The predicted octanol–water partition coefficient (Wildman–Crippen LogP) is 3.41. The van der Waals surface area contributed by atoms with E-state index in [1.807, 2.05) is 6.20 Å². The summed E-state index contributed by atoms with van der Waals surface area (Å²) in [5.41, 5.74) is 6.08. The van der Waals surface area contributed by atoms with Gasteiger partial charge in [0.15, 0.2) is 0 Å². The van der Waals surface area contributed by atoms with Crippen LogP contribution in [0.5, 0.6) is 0 Å². The maximum absolute atomic E-state index is 12.7. The number of benzene rings is 1. The highest BCUT2D eigenvalue weighted by atomic mass is 16.5. The third kappa shape index (κ3) is 3.16.